The first-order valence-corrected chi connectivity index (χ1v) is 11.0. The summed E-state index contributed by atoms with van der Waals surface area (Å²) in [6, 6.07) is 0.540. The Labute approximate surface area is 179 Å². The second-order valence-electron chi connectivity index (χ2n) is 8.35. The van der Waals surface area contributed by atoms with Crippen molar-refractivity contribution in [2.45, 2.75) is 79.7 Å². The van der Waals surface area contributed by atoms with Crippen LogP contribution in [-0.2, 0) is 0 Å². The van der Waals surface area contributed by atoms with Crippen LogP contribution in [0.15, 0.2) is 82.8 Å². The lowest BCUT2D eigenvalue weighted by Crippen LogP contribution is -2.27. The predicted octanol–water partition coefficient (Wildman–Crippen LogP) is 7.28. The van der Waals surface area contributed by atoms with Gasteiger partial charge in [-0.05, 0) is 90.9 Å². The van der Waals surface area contributed by atoms with Crippen LogP contribution < -0.4 is 10.6 Å². The first kappa shape index (κ1) is 24.8. The fourth-order valence-electron chi connectivity index (χ4n) is 3.51. The molecule has 0 spiro atoms. The fourth-order valence-corrected chi connectivity index (χ4v) is 3.51. The highest BCUT2D eigenvalue weighted by molar-refractivity contribution is 5.33. The summed E-state index contributed by atoms with van der Waals surface area (Å²) >= 11 is 0. The molecule has 1 unspecified atom stereocenters. The van der Waals surface area contributed by atoms with E-state index < -0.39 is 0 Å². The molecule has 0 saturated carbocycles. The third-order valence-corrected chi connectivity index (χ3v) is 4.96. The van der Waals surface area contributed by atoms with E-state index in [9.17, 15) is 0 Å². The van der Waals surface area contributed by atoms with Crippen molar-refractivity contribution < 1.29 is 0 Å². The molecule has 0 aromatic heterocycles. The predicted molar refractivity (Wildman–Crippen MR) is 131 cm³/mol. The fraction of sp³-hybridized carbons (Fsp3) is 0.481. The molecule has 0 heterocycles. The highest BCUT2D eigenvalue weighted by Gasteiger charge is 2.13. The van der Waals surface area contributed by atoms with Gasteiger partial charge in [-0.2, -0.15) is 0 Å². The Morgan fingerprint density at radius 2 is 1.90 bits per heavy atom. The Bertz CT molecular complexity index is 707. The molecule has 0 amide bonds. The van der Waals surface area contributed by atoms with E-state index in [0.717, 1.165) is 31.4 Å². The van der Waals surface area contributed by atoms with Crippen LogP contribution in [0.3, 0.4) is 0 Å². The number of hydrogen-bond donors (Lipinski definition) is 2. The quantitative estimate of drug-likeness (QED) is 0.380. The minimum Gasteiger partial charge on any atom is -0.388 e. The second-order valence-corrected chi connectivity index (χ2v) is 8.35. The second kappa shape index (κ2) is 13.9. The zero-order valence-corrected chi connectivity index (χ0v) is 19.6. The zero-order valence-electron chi connectivity index (χ0n) is 19.6. The van der Waals surface area contributed by atoms with Gasteiger partial charge < -0.3 is 10.6 Å². The lowest BCUT2D eigenvalue weighted by Gasteiger charge is -2.18. The van der Waals surface area contributed by atoms with Gasteiger partial charge >= 0.3 is 0 Å². The van der Waals surface area contributed by atoms with Crippen molar-refractivity contribution in [2.75, 3.05) is 6.54 Å². The van der Waals surface area contributed by atoms with E-state index >= 15 is 0 Å². The maximum Gasteiger partial charge on any atom is 0.0264 e. The monoisotopic (exact) mass is 394 g/mol. The molecular weight excluding hydrogens is 352 g/mol. The third-order valence-electron chi connectivity index (χ3n) is 4.96. The standard InChI is InChI=1S/C27H42N2/c1-8-11-23(6)25(20-22(4)5)18-19-28-26-14-10-15-27(17-16-26)29-24(7)13-9-12-21(2)3/h8-9,11-14,20,27-29H,2,10,15-19H2,1,3-7H3/b11-8-,12-9-,24-13+,25-23+. The van der Waals surface area contributed by atoms with Gasteiger partial charge in [-0.3, -0.25) is 0 Å². The molecule has 0 aromatic carbocycles. The first-order valence-electron chi connectivity index (χ1n) is 11.0. The maximum atomic E-state index is 3.90. The maximum absolute atomic E-state index is 3.90. The summed E-state index contributed by atoms with van der Waals surface area (Å²) in [7, 11) is 0. The Kier molecular flexibility index (Phi) is 11.9. The summed E-state index contributed by atoms with van der Waals surface area (Å²) in [5.41, 5.74) is 7.84. The van der Waals surface area contributed by atoms with E-state index in [1.54, 1.807) is 0 Å². The summed E-state index contributed by atoms with van der Waals surface area (Å²) in [6.45, 7) is 17.7. The molecule has 2 heteroatoms. The molecule has 1 atom stereocenters. The average molecular weight is 395 g/mol. The molecular formula is C27H42N2. The molecule has 1 aliphatic rings. The minimum absolute atomic E-state index is 0.540. The van der Waals surface area contributed by atoms with E-state index in [4.69, 9.17) is 0 Å². The Hall–Kier alpha value is -2.22. The van der Waals surface area contributed by atoms with Crippen LogP contribution in [0.1, 0.15) is 73.6 Å². The Morgan fingerprint density at radius 1 is 1.14 bits per heavy atom. The van der Waals surface area contributed by atoms with E-state index in [2.05, 4.69) is 88.3 Å². The van der Waals surface area contributed by atoms with Crippen molar-refractivity contribution in [3.63, 3.8) is 0 Å². The third kappa shape index (κ3) is 11.4. The Morgan fingerprint density at radius 3 is 2.55 bits per heavy atom. The molecule has 0 radical (unpaired) electrons. The van der Waals surface area contributed by atoms with Crippen LogP contribution in [0.2, 0.25) is 0 Å². The van der Waals surface area contributed by atoms with Crippen molar-refractivity contribution in [3.05, 3.63) is 82.8 Å². The van der Waals surface area contributed by atoms with E-state index in [1.807, 2.05) is 13.0 Å². The molecule has 1 aliphatic carbocycles. The topological polar surface area (TPSA) is 24.1 Å². The van der Waals surface area contributed by atoms with Crippen molar-refractivity contribution in [1.29, 1.82) is 0 Å². The molecule has 1 rings (SSSR count). The lowest BCUT2D eigenvalue weighted by atomic mass is 10.0. The summed E-state index contributed by atoms with van der Waals surface area (Å²) in [5.74, 6) is 0. The minimum atomic E-state index is 0.540. The normalized spacial score (nSPS) is 18.9. The number of rotatable bonds is 10. The molecule has 160 valence electrons. The summed E-state index contributed by atoms with van der Waals surface area (Å²) in [5, 5.41) is 7.37. The van der Waals surface area contributed by atoms with Crippen molar-refractivity contribution in [3.8, 4) is 0 Å². The zero-order chi connectivity index (χ0) is 21.6. The van der Waals surface area contributed by atoms with Gasteiger partial charge in [-0.15, -0.1) is 0 Å². The van der Waals surface area contributed by atoms with Gasteiger partial charge in [0.05, 0.1) is 0 Å². The van der Waals surface area contributed by atoms with Crippen LogP contribution in [0.4, 0.5) is 0 Å². The van der Waals surface area contributed by atoms with E-state index in [-0.39, 0.29) is 0 Å². The van der Waals surface area contributed by atoms with Crippen molar-refractivity contribution in [2.24, 2.45) is 0 Å². The molecule has 2 N–H and O–H groups in total. The van der Waals surface area contributed by atoms with Crippen molar-refractivity contribution in [1.82, 2.24) is 10.6 Å². The summed E-state index contributed by atoms with van der Waals surface area (Å²) < 4.78 is 0. The van der Waals surface area contributed by atoms with Crippen LogP contribution >= 0.6 is 0 Å². The Balaban J connectivity index is 2.52. The molecule has 0 saturated heterocycles. The van der Waals surface area contributed by atoms with Gasteiger partial charge in [0, 0.05) is 24.0 Å². The molecule has 0 bridgehead atoms. The molecule has 2 nitrogen and oxygen atoms in total. The largest absolute Gasteiger partial charge is 0.388 e. The van der Waals surface area contributed by atoms with Crippen LogP contribution in [-0.4, -0.2) is 12.6 Å². The molecule has 0 aliphatic heterocycles. The van der Waals surface area contributed by atoms with Gasteiger partial charge in [0.2, 0.25) is 0 Å². The van der Waals surface area contributed by atoms with Gasteiger partial charge in [0.25, 0.3) is 0 Å². The van der Waals surface area contributed by atoms with E-state index in [0.29, 0.717) is 6.04 Å². The van der Waals surface area contributed by atoms with Crippen LogP contribution in [0.25, 0.3) is 0 Å². The smallest absolute Gasteiger partial charge is 0.0264 e. The average Bonchev–Trinajstić information content (AvgIpc) is 2.85. The van der Waals surface area contributed by atoms with Gasteiger partial charge in [0.15, 0.2) is 0 Å². The van der Waals surface area contributed by atoms with Gasteiger partial charge in [0.1, 0.15) is 0 Å². The highest BCUT2D eigenvalue weighted by atomic mass is 14.9. The summed E-state index contributed by atoms with van der Waals surface area (Å²) in [4.78, 5) is 0. The van der Waals surface area contributed by atoms with Gasteiger partial charge in [-0.1, -0.05) is 54.2 Å². The SMILES string of the molecule is C=C(C)/C=C\C=C(/C)NC1CCC=C(NCC/C(C=C(C)C)=C(C)\C=C/C)CC1. The highest BCUT2D eigenvalue weighted by Crippen LogP contribution is 2.18. The molecule has 29 heavy (non-hydrogen) atoms. The van der Waals surface area contributed by atoms with Crippen molar-refractivity contribution >= 4 is 0 Å². The molecule has 0 fully saturated rings. The summed E-state index contributed by atoms with van der Waals surface area (Å²) in [6.07, 6.45) is 20.9. The number of nitrogens with one attached hydrogen (secondary N) is 2. The van der Waals surface area contributed by atoms with E-state index in [1.165, 1.54) is 41.0 Å². The first-order chi connectivity index (χ1) is 13.8. The number of hydrogen-bond acceptors (Lipinski definition) is 2. The van der Waals surface area contributed by atoms with Crippen LogP contribution in [0.5, 0.6) is 0 Å². The molecule has 0 aromatic rings. The lowest BCUT2D eigenvalue weighted by molar-refractivity contribution is 0.502. The van der Waals surface area contributed by atoms with Gasteiger partial charge in [-0.25, -0.2) is 0 Å². The van der Waals surface area contributed by atoms with Crippen LogP contribution in [0, 0.1) is 0 Å². The number of allylic oxidation sites excluding steroid dienone is 12.